The van der Waals surface area contributed by atoms with Crippen molar-refractivity contribution in [2.75, 3.05) is 0 Å². The van der Waals surface area contributed by atoms with Crippen LogP contribution in [0, 0.1) is 12.8 Å². The molecule has 26 heavy (non-hydrogen) atoms. The summed E-state index contributed by atoms with van der Waals surface area (Å²) in [4.78, 5) is 29.8. The number of hydrogen-bond donors (Lipinski definition) is 1. The molecule has 0 radical (unpaired) electrons. The second kappa shape index (κ2) is 6.41. The summed E-state index contributed by atoms with van der Waals surface area (Å²) in [7, 11) is 1.72. The molecule has 1 aliphatic rings. The van der Waals surface area contributed by atoms with Crippen LogP contribution < -0.4 is 10.9 Å². The van der Waals surface area contributed by atoms with Crippen molar-refractivity contribution in [3.63, 3.8) is 0 Å². The SMILES string of the molecule is Cc1ccnc(C(NC(=O)c2cc(=O)n(C)c3ccccc23)C2CC2)c1. The number of carbonyl (C=O) groups is 1. The van der Waals surface area contributed by atoms with Crippen LogP contribution in [0.3, 0.4) is 0 Å². The lowest BCUT2D eigenvalue weighted by Crippen LogP contribution is -2.32. The number of amides is 1. The van der Waals surface area contributed by atoms with E-state index in [1.807, 2.05) is 43.3 Å². The van der Waals surface area contributed by atoms with Crippen LogP contribution >= 0.6 is 0 Å². The van der Waals surface area contributed by atoms with Crippen molar-refractivity contribution in [1.29, 1.82) is 0 Å². The number of rotatable bonds is 4. The number of aromatic nitrogens is 2. The van der Waals surface area contributed by atoms with Gasteiger partial charge in [0.1, 0.15) is 0 Å². The molecule has 132 valence electrons. The van der Waals surface area contributed by atoms with E-state index in [1.165, 1.54) is 6.07 Å². The van der Waals surface area contributed by atoms with E-state index in [0.29, 0.717) is 11.5 Å². The monoisotopic (exact) mass is 347 g/mol. The summed E-state index contributed by atoms with van der Waals surface area (Å²) in [5.74, 6) is 0.185. The number of benzene rings is 1. The van der Waals surface area contributed by atoms with Crippen LogP contribution in [0.5, 0.6) is 0 Å². The minimum Gasteiger partial charge on any atom is -0.343 e. The fourth-order valence-electron chi connectivity index (χ4n) is 3.41. The molecule has 5 nitrogen and oxygen atoms in total. The van der Waals surface area contributed by atoms with Crippen molar-refractivity contribution in [2.24, 2.45) is 13.0 Å². The Balaban J connectivity index is 1.73. The van der Waals surface area contributed by atoms with Gasteiger partial charge in [0.05, 0.1) is 22.8 Å². The van der Waals surface area contributed by atoms with Crippen LogP contribution in [0.2, 0.25) is 0 Å². The highest BCUT2D eigenvalue weighted by Crippen LogP contribution is 2.40. The third-order valence-electron chi connectivity index (χ3n) is 5.03. The summed E-state index contributed by atoms with van der Waals surface area (Å²) in [6.45, 7) is 2.02. The first-order valence-corrected chi connectivity index (χ1v) is 8.87. The number of pyridine rings is 2. The molecule has 0 saturated heterocycles. The smallest absolute Gasteiger partial charge is 0.252 e. The van der Waals surface area contributed by atoms with Gasteiger partial charge in [-0.05, 0) is 49.4 Å². The largest absolute Gasteiger partial charge is 0.343 e. The molecule has 1 unspecified atom stereocenters. The Hall–Kier alpha value is -2.95. The van der Waals surface area contributed by atoms with Gasteiger partial charge in [0.15, 0.2) is 0 Å². The Kier molecular flexibility index (Phi) is 4.07. The van der Waals surface area contributed by atoms with E-state index in [1.54, 1.807) is 17.8 Å². The Labute approximate surface area is 151 Å². The van der Waals surface area contributed by atoms with Crippen LogP contribution in [0.1, 0.15) is 40.5 Å². The van der Waals surface area contributed by atoms with Crippen molar-refractivity contribution < 1.29 is 4.79 Å². The molecule has 1 aromatic carbocycles. The van der Waals surface area contributed by atoms with E-state index in [9.17, 15) is 9.59 Å². The van der Waals surface area contributed by atoms with Crippen LogP contribution in [0.4, 0.5) is 0 Å². The summed E-state index contributed by atoms with van der Waals surface area (Å²) in [6.07, 6.45) is 3.94. The zero-order valence-corrected chi connectivity index (χ0v) is 14.9. The lowest BCUT2D eigenvalue weighted by molar-refractivity contribution is 0.0932. The van der Waals surface area contributed by atoms with Gasteiger partial charge in [-0.1, -0.05) is 18.2 Å². The predicted molar refractivity (Wildman–Crippen MR) is 101 cm³/mol. The molecule has 0 bridgehead atoms. The van der Waals surface area contributed by atoms with Gasteiger partial charge in [0, 0.05) is 24.7 Å². The van der Waals surface area contributed by atoms with Gasteiger partial charge in [-0.25, -0.2) is 0 Å². The van der Waals surface area contributed by atoms with E-state index >= 15 is 0 Å². The van der Waals surface area contributed by atoms with Crippen molar-refractivity contribution in [1.82, 2.24) is 14.9 Å². The summed E-state index contributed by atoms with van der Waals surface area (Å²) < 4.78 is 1.56. The molecule has 1 N–H and O–H groups in total. The third kappa shape index (κ3) is 3.01. The highest BCUT2D eigenvalue weighted by molar-refractivity contribution is 6.06. The number of hydrogen-bond acceptors (Lipinski definition) is 3. The van der Waals surface area contributed by atoms with E-state index in [0.717, 1.165) is 35.0 Å². The highest BCUT2D eigenvalue weighted by Gasteiger charge is 2.34. The minimum absolute atomic E-state index is 0.120. The number of nitrogens with zero attached hydrogens (tertiary/aromatic N) is 2. The van der Waals surface area contributed by atoms with Gasteiger partial charge in [0.2, 0.25) is 0 Å². The first-order chi connectivity index (χ1) is 12.5. The van der Waals surface area contributed by atoms with Gasteiger partial charge in [-0.2, -0.15) is 0 Å². The zero-order valence-electron chi connectivity index (χ0n) is 14.9. The van der Waals surface area contributed by atoms with Gasteiger partial charge in [-0.3, -0.25) is 14.6 Å². The van der Waals surface area contributed by atoms with Crippen LogP contribution in [-0.2, 0) is 7.05 Å². The number of aryl methyl sites for hydroxylation is 2. The van der Waals surface area contributed by atoms with Crippen LogP contribution in [0.15, 0.2) is 53.5 Å². The van der Waals surface area contributed by atoms with Crippen molar-refractivity contribution >= 4 is 16.8 Å². The molecule has 1 saturated carbocycles. The van der Waals surface area contributed by atoms with Crippen LogP contribution in [-0.4, -0.2) is 15.5 Å². The zero-order chi connectivity index (χ0) is 18.3. The Morgan fingerprint density at radius 1 is 1.23 bits per heavy atom. The molecule has 1 atom stereocenters. The Morgan fingerprint density at radius 2 is 2.00 bits per heavy atom. The number of nitrogens with one attached hydrogen (secondary N) is 1. The molecule has 1 aliphatic carbocycles. The predicted octanol–water partition coefficient (Wildman–Crippen LogP) is 3.12. The number of para-hydroxylation sites is 1. The Bertz CT molecular complexity index is 1050. The maximum Gasteiger partial charge on any atom is 0.252 e. The average Bonchev–Trinajstić information content (AvgIpc) is 3.47. The Morgan fingerprint density at radius 3 is 2.73 bits per heavy atom. The fourth-order valence-corrected chi connectivity index (χ4v) is 3.41. The average molecular weight is 347 g/mol. The molecule has 0 aliphatic heterocycles. The lowest BCUT2D eigenvalue weighted by atomic mass is 10.0. The first kappa shape index (κ1) is 16.5. The maximum atomic E-state index is 13.0. The first-order valence-electron chi connectivity index (χ1n) is 8.87. The maximum absolute atomic E-state index is 13.0. The molecule has 1 amide bonds. The minimum atomic E-state index is -0.223. The molecule has 5 heteroatoms. The molecule has 1 fully saturated rings. The van der Waals surface area contributed by atoms with E-state index in [4.69, 9.17) is 0 Å². The van der Waals surface area contributed by atoms with Crippen molar-refractivity contribution in [3.8, 4) is 0 Å². The number of fused-ring (bicyclic) bond motifs is 1. The topological polar surface area (TPSA) is 64.0 Å². The fraction of sp³-hybridized carbons (Fsp3) is 0.286. The van der Waals surface area contributed by atoms with Gasteiger partial charge >= 0.3 is 0 Å². The second-order valence-corrected chi connectivity index (χ2v) is 7.02. The molecule has 2 heterocycles. The van der Waals surface area contributed by atoms with Gasteiger partial charge in [-0.15, -0.1) is 0 Å². The highest BCUT2D eigenvalue weighted by atomic mass is 16.2. The molecular weight excluding hydrogens is 326 g/mol. The molecular formula is C21H21N3O2. The van der Waals surface area contributed by atoms with Crippen LogP contribution in [0.25, 0.3) is 10.9 Å². The van der Waals surface area contributed by atoms with E-state index < -0.39 is 0 Å². The van der Waals surface area contributed by atoms with Crippen molar-refractivity contribution in [3.05, 3.63) is 75.8 Å². The third-order valence-corrected chi connectivity index (χ3v) is 5.03. The molecule has 4 rings (SSSR count). The summed E-state index contributed by atoms with van der Waals surface area (Å²) in [5, 5.41) is 3.90. The summed E-state index contributed by atoms with van der Waals surface area (Å²) in [5.41, 5.74) is 2.98. The number of carbonyl (C=O) groups excluding carboxylic acids is 1. The second-order valence-electron chi connectivity index (χ2n) is 7.02. The molecule has 0 spiro atoms. The van der Waals surface area contributed by atoms with Gasteiger partial charge in [0.25, 0.3) is 11.5 Å². The van der Waals surface area contributed by atoms with E-state index in [2.05, 4.69) is 10.3 Å². The van der Waals surface area contributed by atoms with Crippen molar-refractivity contribution in [2.45, 2.75) is 25.8 Å². The summed E-state index contributed by atoms with van der Waals surface area (Å²) in [6, 6.07) is 12.7. The van der Waals surface area contributed by atoms with E-state index in [-0.39, 0.29) is 17.5 Å². The van der Waals surface area contributed by atoms with Gasteiger partial charge < -0.3 is 9.88 Å². The standard InChI is InChI=1S/C21H21N3O2/c1-13-9-10-22-17(11-13)20(14-7-8-14)23-21(26)16-12-19(25)24(2)18-6-4-3-5-15(16)18/h3-6,9-12,14,20H,7-8H2,1-2H3,(H,23,26). The lowest BCUT2D eigenvalue weighted by Gasteiger charge is -2.19. The molecule has 3 aromatic rings. The summed E-state index contributed by atoms with van der Waals surface area (Å²) >= 11 is 0. The quantitative estimate of drug-likeness (QED) is 0.789. The molecule has 2 aromatic heterocycles. The normalized spacial score (nSPS) is 15.0.